The van der Waals surface area contributed by atoms with Crippen molar-refractivity contribution in [1.82, 2.24) is 10.2 Å². The van der Waals surface area contributed by atoms with Gasteiger partial charge in [-0.15, -0.1) is 10.2 Å². The van der Waals surface area contributed by atoms with Crippen LogP contribution in [-0.2, 0) is 19.6 Å². The number of carbonyl (C=O) groups is 2. The first-order valence-electron chi connectivity index (χ1n) is 4.27. The monoisotopic (exact) mass is 296 g/mol. The van der Waals surface area contributed by atoms with E-state index in [0.717, 1.165) is 0 Å². The zero-order chi connectivity index (χ0) is 13.9. The lowest BCUT2D eigenvalue weighted by Gasteiger charge is -2.09. The maximum atomic E-state index is 10.9. The highest BCUT2D eigenvalue weighted by Gasteiger charge is 2.23. The first-order valence-corrected chi connectivity index (χ1v) is 6.64. The first-order chi connectivity index (χ1) is 8.20. The number of anilines is 1. The van der Waals surface area contributed by atoms with Crippen molar-refractivity contribution in [1.29, 1.82) is 0 Å². The van der Waals surface area contributed by atoms with Crippen molar-refractivity contribution >= 4 is 38.4 Å². The highest BCUT2D eigenvalue weighted by molar-refractivity contribution is 7.91. The van der Waals surface area contributed by atoms with Crippen LogP contribution in [0.2, 0.25) is 0 Å². The molecular weight excluding hydrogens is 288 g/mol. The number of nitrogens with one attached hydrogen (secondary N) is 1. The van der Waals surface area contributed by atoms with Crippen molar-refractivity contribution in [2.45, 2.75) is 16.8 Å². The molecule has 0 spiro atoms. The van der Waals surface area contributed by atoms with E-state index in [4.69, 9.17) is 15.4 Å². The number of rotatable bonds is 6. The number of aromatic nitrogens is 2. The Bertz CT molecular complexity index is 566. The average Bonchev–Trinajstić information content (AvgIpc) is 2.63. The summed E-state index contributed by atoms with van der Waals surface area (Å²) in [4.78, 5) is 21.1. The molecule has 0 aliphatic heterocycles. The zero-order valence-corrected chi connectivity index (χ0v) is 10.2. The Morgan fingerprint density at radius 1 is 1.39 bits per heavy atom. The van der Waals surface area contributed by atoms with Crippen LogP contribution in [0.15, 0.2) is 4.34 Å². The fourth-order valence-corrected chi connectivity index (χ4v) is 2.29. The fourth-order valence-electron chi connectivity index (χ4n) is 0.907. The van der Waals surface area contributed by atoms with Crippen LogP contribution in [0.5, 0.6) is 0 Å². The average molecular weight is 296 g/mol. The van der Waals surface area contributed by atoms with E-state index >= 15 is 0 Å². The summed E-state index contributed by atoms with van der Waals surface area (Å²) in [7, 11) is -4.02. The predicted molar refractivity (Wildman–Crippen MR) is 58.6 cm³/mol. The zero-order valence-electron chi connectivity index (χ0n) is 8.60. The molecule has 100 valence electrons. The van der Waals surface area contributed by atoms with Gasteiger partial charge in [-0.1, -0.05) is 11.3 Å². The molecule has 12 heteroatoms. The van der Waals surface area contributed by atoms with E-state index in [9.17, 15) is 18.0 Å². The van der Waals surface area contributed by atoms with Gasteiger partial charge in [0.2, 0.25) is 9.47 Å². The Labute approximate surface area is 105 Å². The van der Waals surface area contributed by atoms with E-state index in [-0.39, 0.29) is 5.13 Å². The van der Waals surface area contributed by atoms with Crippen LogP contribution in [0.3, 0.4) is 0 Å². The lowest BCUT2D eigenvalue weighted by Crippen LogP contribution is -2.31. The highest BCUT2D eigenvalue weighted by Crippen LogP contribution is 2.19. The normalized spacial score (nSPS) is 12.9. The summed E-state index contributed by atoms with van der Waals surface area (Å²) in [5.41, 5.74) is 0. The molecule has 1 aromatic rings. The van der Waals surface area contributed by atoms with Crippen LogP contribution in [0.1, 0.15) is 6.42 Å². The van der Waals surface area contributed by atoms with Crippen LogP contribution in [0.25, 0.3) is 0 Å². The number of primary sulfonamides is 1. The lowest BCUT2D eigenvalue weighted by molar-refractivity contribution is -0.144. The Kier molecular flexibility index (Phi) is 4.15. The maximum Gasteiger partial charge on any atom is 0.326 e. The minimum absolute atomic E-state index is 0.146. The molecule has 0 bridgehead atoms. The molecule has 0 saturated carbocycles. The molecule has 1 rings (SSSR count). The largest absolute Gasteiger partial charge is 0.481 e. The third-order valence-electron chi connectivity index (χ3n) is 1.62. The van der Waals surface area contributed by atoms with Gasteiger partial charge in [0.05, 0.1) is 6.42 Å². The van der Waals surface area contributed by atoms with Gasteiger partial charge < -0.3 is 15.5 Å². The summed E-state index contributed by atoms with van der Waals surface area (Å²) < 4.78 is 21.3. The molecule has 1 atom stereocenters. The molecule has 10 nitrogen and oxygen atoms in total. The molecule has 1 aromatic heterocycles. The Balaban J connectivity index is 2.85. The first kappa shape index (κ1) is 14.3. The van der Waals surface area contributed by atoms with E-state index in [1.165, 1.54) is 0 Å². The molecule has 1 heterocycles. The topological polar surface area (TPSA) is 173 Å². The minimum atomic E-state index is -4.02. The van der Waals surface area contributed by atoms with Crippen molar-refractivity contribution < 1.29 is 28.2 Å². The lowest BCUT2D eigenvalue weighted by atomic mass is 10.2. The van der Waals surface area contributed by atoms with Crippen LogP contribution in [0.4, 0.5) is 5.13 Å². The van der Waals surface area contributed by atoms with Crippen molar-refractivity contribution in [3.63, 3.8) is 0 Å². The molecule has 1 unspecified atom stereocenters. The summed E-state index contributed by atoms with van der Waals surface area (Å²) in [6, 6.07) is -1.44. The number of carboxylic acid groups (broad SMARTS) is 2. The van der Waals surface area contributed by atoms with Crippen molar-refractivity contribution in [3.8, 4) is 0 Å². The molecule has 0 amide bonds. The van der Waals surface area contributed by atoms with Gasteiger partial charge in [0.15, 0.2) is 0 Å². The molecule has 5 N–H and O–H groups in total. The van der Waals surface area contributed by atoms with E-state index in [0.29, 0.717) is 11.3 Å². The predicted octanol–water partition coefficient (Wildman–Crippen LogP) is -1.47. The number of hydrogen-bond donors (Lipinski definition) is 4. The van der Waals surface area contributed by atoms with Crippen LogP contribution in [-0.4, -0.2) is 46.8 Å². The highest BCUT2D eigenvalue weighted by atomic mass is 32.2. The van der Waals surface area contributed by atoms with Gasteiger partial charge in [0.25, 0.3) is 10.0 Å². The van der Waals surface area contributed by atoms with Crippen LogP contribution >= 0.6 is 11.3 Å². The number of nitrogens with two attached hydrogens (primary N) is 1. The standard InChI is InChI=1S/C6H8N4O6S2/c7-18(15,16)6-10-9-5(17-6)8-2(4(13)14)1-3(11)12/h2H,1H2,(H,8,9)(H,11,12)(H,13,14)(H2,7,15,16). The third-order valence-corrected chi connectivity index (χ3v) is 3.79. The molecule has 0 aromatic carbocycles. The molecule has 0 aliphatic rings. The van der Waals surface area contributed by atoms with E-state index in [1.807, 2.05) is 0 Å². The van der Waals surface area contributed by atoms with Crippen molar-refractivity contribution in [2.24, 2.45) is 5.14 Å². The second-order valence-corrected chi connectivity index (χ2v) is 5.76. The fraction of sp³-hybridized carbons (Fsp3) is 0.333. The Morgan fingerprint density at radius 3 is 2.39 bits per heavy atom. The number of nitrogens with zero attached hydrogens (tertiary/aromatic N) is 2. The van der Waals surface area contributed by atoms with Gasteiger partial charge in [0.1, 0.15) is 6.04 Å². The van der Waals surface area contributed by atoms with E-state index in [1.54, 1.807) is 0 Å². The summed E-state index contributed by atoms with van der Waals surface area (Å²) in [6.07, 6.45) is -0.695. The molecule has 0 saturated heterocycles. The number of aliphatic carboxylic acids is 2. The minimum Gasteiger partial charge on any atom is -0.481 e. The number of carboxylic acids is 2. The van der Waals surface area contributed by atoms with Crippen molar-refractivity contribution in [3.05, 3.63) is 0 Å². The molecule has 18 heavy (non-hydrogen) atoms. The van der Waals surface area contributed by atoms with Gasteiger partial charge in [-0.05, 0) is 0 Å². The Morgan fingerprint density at radius 2 is 2.00 bits per heavy atom. The smallest absolute Gasteiger partial charge is 0.326 e. The second kappa shape index (κ2) is 5.24. The van der Waals surface area contributed by atoms with E-state index in [2.05, 4.69) is 15.5 Å². The van der Waals surface area contributed by atoms with Gasteiger partial charge in [-0.3, -0.25) is 4.79 Å². The van der Waals surface area contributed by atoms with E-state index < -0.39 is 38.8 Å². The second-order valence-electron chi connectivity index (χ2n) is 3.05. The number of hydrogen-bond acceptors (Lipinski definition) is 8. The van der Waals surface area contributed by atoms with Gasteiger partial charge in [-0.2, -0.15) is 0 Å². The van der Waals surface area contributed by atoms with Gasteiger partial charge in [0, 0.05) is 0 Å². The van der Waals surface area contributed by atoms with Crippen LogP contribution < -0.4 is 10.5 Å². The van der Waals surface area contributed by atoms with Gasteiger partial charge >= 0.3 is 11.9 Å². The quantitative estimate of drug-likeness (QED) is 0.488. The summed E-state index contributed by atoms with van der Waals surface area (Å²) in [5.74, 6) is -2.74. The molecular formula is C6H8N4O6S2. The summed E-state index contributed by atoms with van der Waals surface area (Å²) in [5, 5.41) is 30.7. The Hall–Kier alpha value is -1.79. The van der Waals surface area contributed by atoms with Crippen LogP contribution in [0, 0.1) is 0 Å². The molecule has 0 fully saturated rings. The molecule has 0 radical (unpaired) electrons. The number of sulfonamides is 1. The summed E-state index contributed by atoms with van der Waals surface area (Å²) in [6.45, 7) is 0. The van der Waals surface area contributed by atoms with Crippen molar-refractivity contribution in [2.75, 3.05) is 5.32 Å². The molecule has 0 aliphatic carbocycles. The summed E-state index contributed by atoms with van der Waals surface area (Å²) >= 11 is 0.510. The maximum absolute atomic E-state index is 10.9. The SMILES string of the molecule is NS(=O)(=O)c1nnc(NC(CC(=O)O)C(=O)O)s1. The van der Waals surface area contributed by atoms with Gasteiger partial charge in [-0.25, -0.2) is 18.4 Å². The third kappa shape index (κ3) is 3.90.